The summed E-state index contributed by atoms with van der Waals surface area (Å²) in [5.74, 6) is -1.46. The normalized spacial score (nSPS) is 17.1. The summed E-state index contributed by atoms with van der Waals surface area (Å²) in [6.07, 6.45) is 0. The number of carbonyl (C=O) groups excluding carboxylic acids is 1. The lowest BCUT2D eigenvalue weighted by Crippen LogP contribution is -2.31. The summed E-state index contributed by atoms with van der Waals surface area (Å²) in [4.78, 5) is 25.1. The van der Waals surface area contributed by atoms with Gasteiger partial charge in [-0.05, 0) is 18.6 Å². The number of carboxylic acid groups (broad SMARTS) is 1. The van der Waals surface area contributed by atoms with Gasteiger partial charge in [-0.1, -0.05) is 23.4 Å². The number of amides is 1. The van der Waals surface area contributed by atoms with Gasteiger partial charge in [0.15, 0.2) is 5.69 Å². The average Bonchev–Trinajstić information content (AvgIpc) is 3.02. The summed E-state index contributed by atoms with van der Waals surface area (Å²) in [7, 11) is 0. The maximum Gasteiger partial charge on any atom is 0.312 e. The summed E-state index contributed by atoms with van der Waals surface area (Å²) >= 11 is 0. The molecule has 0 saturated carbocycles. The Hall–Kier alpha value is -2.63. The summed E-state index contributed by atoms with van der Waals surface area (Å²) in [6.45, 7) is 1.81. The van der Waals surface area contributed by atoms with Gasteiger partial charge in [0.25, 0.3) is 5.91 Å². The highest BCUT2D eigenvalue weighted by Gasteiger charge is 2.37. The Balaban J connectivity index is 2.00. The van der Waals surface area contributed by atoms with Gasteiger partial charge >= 0.3 is 5.97 Å². The monoisotopic (exact) mass is 272 g/mol. The van der Waals surface area contributed by atoms with E-state index < -0.39 is 11.9 Å². The molecule has 1 N–H and O–H groups in total. The molecule has 1 aliphatic heterocycles. The molecule has 3 rings (SSSR count). The Morgan fingerprint density at radius 3 is 2.80 bits per heavy atom. The minimum absolute atomic E-state index is 0.111. The third-order valence-electron chi connectivity index (χ3n) is 3.36. The topological polar surface area (TPSA) is 83.6 Å². The van der Waals surface area contributed by atoms with Crippen LogP contribution in [0, 0.1) is 6.92 Å². The van der Waals surface area contributed by atoms with Crippen molar-refractivity contribution in [2.75, 3.05) is 11.4 Å². The van der Waals surface area contributed by atoms with E-state index in [9.17, 15) is 14.7 Å². The first-order valence-corrected chi connectivity index (χ1v) is 6.15. The maximum absolute atomic E-state index is 12.4. The van der Waals surface area contributed by atoms with Gasteiger partial charge in [-0.15, -0.1) is 0 Å². The van der Waals surface area contributed by atoms with Gasteiger partial charge < -0.3 is 14.5 Å². The maximum atomic E-state index is 12.4. The number of carbonyl (C=O) groups is 2. The minimum Gasteiger partial charge on any atom is -0.481 e. The van der Waals surface area contributed by atoms with Crippen molar-refractivity contribution in [3.63, 3.8) is 0 Å². The Bertz CT molecular complexity index is 692. The predicted octanol–water partition coefficient (Wildman–Crippen LogP) is 1.81. The van der Waals surface area contributed by atoms with Crippen LogP contribution in [-0.2, 0) is 4.79 Å². The Morgan fingerprint density at radius 2 is 2.15 bits per heavy atom. The predicted molar refractivity (Wildman–Crippen MR) is 69.7 cm³/mol. The number of nitrogens with zero attached hydrogens (tertiary/aromatic N) is 2. The molecule has 6 nitrogen and oxygen atoms in total. The van der Waals surface area contributed by atoms with Gasteiger partial charge in [0, 0.05) is 18.3 Å². The van der Waals surface area contributed by atoms with E-state index in [4.69, 9.17) is 4.52 Å². The van der Waals surface area contributed by atoms with Crippen LogP contribution < -0.4 is 4.90 Å². The van der Waals surface area contributed by atoms with E-state index in [0.717, 1.165) is 0 Å². The van der Waals surface area contributed by atoms with Crippen molar-refractivity contribution in [2.24, 2.45) is 0 Å². The van der Waals surface area contributed by atoms with E-state index in [-0.39, 0.29) is 18.1 Å². The van der Waals surface area contributed by atoms with E-state index >= 15 is 0 Å². The molecule has 0 saturated heterocycles. The minimum atomic E-state index is -0.941. The molecule has 2 aromatic rings. The van der Waals surface area contributed by atoms with Crippen LogP contribution in [0.15, 0.2) is 34.9 Å². The summed E-state index contributed by atoms with van der Waals surface area (Å²) in [5, 5.41) is 13.0. The molecule has 0 aliphatic carbocycles. The highest BCUT2D eigenvalue weighted by Crippen LogP contribution is 2.36. The number of hydrogen-bond acceptors (Lipinski definition) is 4. The zero-order chi connectivity index (χ0) is 14.3. The van der Waals surface area contributed by atoms with Gasteiger partial charge in [-0.3, -0.25) is 9.59 Å². The molecule has 0 fully saturated rings. The van der Waals surface area contributed by atoms with Gasteiger partial charge in [-0.2, -0.15) is 0 Å². The number of fused-ring (bicyclic) bond motifs is 1. The van der Waals surface area contributed by atoms with Crippen LogP contribution in [0.5, 0.6) is 0 Å². The molecule has 20 heavy (non-hydrogen) atoms. The number of benzene rings is 1. The van der Waals surface area contributed by atoms with Crippen molar-refractivity contribution in [3.05, 3.63) is 47.3 Å². The molecule has 2 heterocycles. The first-order valence-electron chi connectivity index (χ1n) is 6.15. The Labute approximate surface area is 114 Å². The lowest BCUT2D eigenvalue weighted by atomic mass is 10.0. The Kier molecular flexibility index (Phi) is 2.78. The van der Waals surface area contributed by atoms with Crippen molar-refractivity contribution in [1.82, 2.24) is 5.16 Å². The summed E-state index contributed by atoms with van der Waals surface area (Å²) < 4.78 is 4.89. The van der Waals surface area contributed by atoms with Crippen LogP contribution in [0.25, 0.3) is 0 Å². The van der Waals surface area contributed by atoms with Crippen molar-refractivity contribution in [1.29, 1.82) is 0 Å². The van der Waals surface area contributed by atoms with Crippen LogP contribution in [0.2, 0.25) is 0 Å². The quantitative estimate of drug-likeness (QED) is 0.901. The number of aliphatic carboxylic acids is 1. The number of carboxylic acids is 1. The van der Waals surface area contributed by atoms with E-state index in [0.29, 0.717) is 17.0 Å². The van der Waals surface area contributed by atoms with Gasteiger partial charge in [0.1, 0.15) is 11.7 Å². The fourth-order valence-electron chi connectivity index (χ4n) is 2.42. The van der Waals surface area contributed by atoms with E-state index in [1.807, 2.05) is 0 Å². The molecule has 0 spiro atoms. The van der Waals surface area contributed by atoms with Gasteiger partial charge in [0.2, 0.25) is 0 Å². The second-order valence-electron chi connectivity index (χ2n) is 4.69. The van der Waals surface area contributed by atoms with Crippen molar-refractivity contribution < 1.29 is 19.2 Å². The van der Waals surface area contributed by atoms with E-state index in [2.05, 4.69) is 5.16 Å². The fourth-order valence-corrected chi connectivity index (χ4v) is 2.42. The van der Waals surface area contributed by atoms with Gasteiger partial charge in [-0.25, -0.2) is 0 Å². The smallest absolute Gasteiger partial charge is 0.312 e. The first-order chi connectivity index (χ1) is 9.58. The highest BCUT2D eigenvalue weighted by molar-refractivity contribution is 6.07. The largest absolute Gasteiger partial charge is 0.481 e. The molecule has 0 radical (unpaired) electrons. The number of para-hydroxylation sites is 1. The molecular formula is C14H12N2O4. The number of rotatable bonds is 2. The summed E-state index contributed by atoms with van der Waals surface area (Å²) in [6, 6.07) is 8.55. The summed E-state index contributed by atoms with van der Waals surface area (Å²) in [5.41, 5.74) is 1.45. The van der Waals surface area contributed by atoms with E-state index in [1.54, 1.807) is 37.3 Å². The zero-order valence-corrected chi connectivity index (χ0v) is 10.7. The molecular weight excluding hydrogens is 260 g/mol. The standard InChI is InChI=1S/C14H12N2O4/c1-8-6-11(15-20-8)13(17)16-7-10(14(18)19)9-4-2-3-5-12(9)16/h2-6,10H,7H2,1H3,(H,18,19)/t10-/m1/s1. The molecule has 0 bridgehead atoms. The van der Waals surface area contributed by atoms with Crippen LogP contribution in [0.1, 0.15) is 27.7 Å². The number of aryl methyl sites for hydroxylation is 1. The Morgan fingerprint density at radius 1 is 1.40 bits per heavy atom. The lowest BCUT2D eigenvalue weighted by Gasteiger charge is -2.15. The molecule has 1 atom stereocenters. The van der Waals surface area contributed by atoms with E-state index in [1.165, 1.54) is 4.90 Å². The molecule has 1 amide bonds. The van der Waals surface area contributed by atoms with Gasteiger partial charge in [0.05, 0.1) is 0 Å². The molecule has 1 aromatic heterocycles. The lowest BCUT2D eigenvalue weighted by molar-refractivity contribution is -0.138. The number of anilines is 1. The van der Waals surface area contributed by atoms with Crippen LogP contribution in [0.4, 0.5) is 5.69 Å². The molecule has 1 aromatic carbocycles. The SMILES string of the molecule is Cc1cc(C(=O)N2C[C@@H](C(=O)O)c3ccccc32)no1. The second-order valence-corrected chi connectivity index (χ2v) is 4.69. The fraction of sp³-hybridized carbons (Fsp3) is 0.214. The second kappa shape index (κ2) is 4.48. The highest BCUT2D eigenvalue weighted by atomic mass is 16.5. The van der Waals surface area contributed by atoms with Crippen molar-refractivity contribution >= 4 is 17.6 Å². The molecule has 102 valence electrons. The molecule has 1 aliphatic rings. The third kappa shape index (κ3) is 1.85. The third-order valence-corrected chi connectivity index (χ3v) is 3.36. The average molecular weight is 272 g/mol. The number of hydrogen-bond donors (Lipinski definition) is 1. The van der Waals surface area contributed by atoms with Crippen molar-refractivity contribution in [2.45, 2.75) is 12.8 Å². The molecule has 0 unspecified atom stereocenters. The van der Waals surface area contributed by atoms with Crippen LogP contribution in [0.3, 0.4) is 0 Å². The zero-order valence-electron chi connectivity index (χ0n) is 10.7. The number of aromatic nitrogens is 1. The van der Waals surface area contributed by atoms with Crippen LogP contribution in [-0.4, -0.2) is 28.7 Å². The molecule has 6 heteroatoms. The first kappa shape index (κ1) is 12.4. The van der Waals surface area contributed by atoms with Crippen LogP contribution >= 0.6 is 0 Å². The van der Waals surface area contributed by atoms with Crippen molar-refractivity contribution in [3.8, 4) is 0 Å².